The maximum atomic E-state index is 12.9. The van der Waals surface area contributed by atoms with Crippen LogP contribution >= 0.6 is 11.3 Å². The number of aryl methyl sites for hydroxylation is 1. The molecule has 1 aromatic heterocycles. The number of fused-ring (bicyclic) bond motifs is 1. The molecule has 1 atom stereocenters. The number of carbonyl (C=O) groups excluding carboxylic acids is 3. The highest BCUT2D eigenvalue weighted by Crippen LogP contribution is 2.29. The lowest BCUT2D eigenvalue weighted by Gasteiger charge is -2.22. The van der Waals surface area contributed by atoms with Gasteiger partial charge in [0.2, 0.25) is 0 Å². The van der Waals surface area contributed by atoms with Gasteiger partial charge in [0.25, 0.3) is 5.91 Å². The third-order valence-electron chi connectivity index (χ3n) is 4.89. The zero-order valence-electron chi connectivity index (χ0n) is 16.0. The summed E-state index contributed by atoms with van der Waals surface area (Å²) in [6.07, 6.45) is 0. The number of nitrogens with zero attached hydrogens (tertiary/aromatic N) is 2. The number of ether oxygens (including phenoxy) is 1. The number of aromatic nitrogens is 1. The van der Waals surface area contributed by atoms with Crippen molar-refractivity contribution in [3.05, 3.63) is 64.7 Å². The number of hydrogen-bond acceptors (Lipinski definition) is 6. The Morgan fingerprint density at radius 3 is 2.62 bits per heavy atom. The molecule has 1 aliphatic heterocycles. The van der Waals surface area contributed by atoms with Crippen LogP contribution in [0.1, 0.15) is 23.1 Å². The second-order valence-electron chi connectivity index (χ2n) is 7.05. The van der Waals surface area contributed by atoms with Crippen molar-refractivity contribution in [3.8, 4) is 0 Å². The van der Waals surface area contributed by atoms with Crippen LogP contribution < -0.4 is 5.32 Å². The summed E-state index contributed by atoms with van der Waals surface area (Å²) >= 11 is 1.43. The molecule has 7 nitrogen and oxygen atoms in total. The molecule has 3 aromatic rings. The Morgan fingerprint density at radius 2 is 1.90 bits per heavy atom. The van der Waals surface area contributed by atoms with Crippen molar-refractivity contribution in [1.82, 2.24) is 15.2 Å². The van der Waals surface area contributed by atoms with E-state index in [1.54, 1.807) is 19.1 Å². The number of imide groups is 1. The summed E-state index contributed by atoms with van der Waals surface area (Å²) < 4.78 is 6.24. The lowest BCUT2D eigenvalue weighted by Crippen LogP contribution is -2.41. The van der Waals surface area contributed by atoms with Crippen molar-refractivity contribution in [2.45, 2.75) is 26.0 Å². The average molecular weight is 409 g/mol. The van der Waals surface area contributed by atoms with Crippen molar-refractivity contribution in [1.29, 1.82) is 0 Å². The van der Waals surface area contributed by atoms with Gasteiger partial charge in [-0.25, -0.2) is 9.78 Å². The fraction of sp³-hybridized carbons (Fsp3) is 0.238. The summed E-state index contributed by atoms with van der Waals surface area (Å²) in [5.41, 5.74) is 1.33. The highest BCUT2D eigenvalue weighted by Gasteiger charge is 2.49. The molecular weight excluding hydrogens is 390 g/mol. The van der Waals surface area contributed by atoms with Gasteiger partial charge in [-0.3, -0.25) is 14.5 Å². The van der Waals surface area contributed by atoms with Gasteiger partial charge in [0.15, 0.2) is 0 Å². The smallest absolute Gasteiger partial charge is 0.326 e. The average Bonchev–Trinajstić information content (AvgIpc) is 3.21. The maximum absolute atomic E-state index is 12.9. The summed E-state index contributed by atoms with van der Waals surface area (Å²) in [5, 5.41) is 3.34. The minimum Gasteiger partial charge on any atom is -0.457 e. The van der Waals surface area contributed by atoms with Crippen molar-refractivity contribution in [2.24, 2.45) is 0 Å². The predicted molar refractivity (Wildman–Crippen MR) is 108 cm³/mol. The van der Waals surface area contributed by atoms with Gasteiger partial charge in [0.05, 0.1) is 10.2 Å². The van der Waals surface area contributed by atoms with Gasteiger partial charge in [-0.1, -0.05) is 42.0 Å². The van der Waals surface area contributed by atoms with Crippen molar-refractivity contribution in [2.75, 3.05) is 6.54 Å². The molecule has 148 valence electrons. The van der Waals surface area contributed by atoms with Crippen LogP contribution in [-0.2, 0) is 26.5 Å². The van der Waals surface area contributed by atoms with E-state index >= 15 is 0 Å². The van der Waals surface area contributed by atoms with Gasteiger partial charge in [-0.15, -0.1) is 11.3 Å². The molecule has 1 fully saturated rings. The number of thiazole rings is 1. The Morgan fingerprint density at radius 1 is 1.17 bits per heavy atom. The molecule has 0 unspecified atom stereocenters. The first kappa shape index (κ1) is 19.1. The molecule has 4 rings (SSSR count). The van der Waals surface area contributed by atoms with Crippen LogP contribution in [0.25, 0.3) is 10.2 Å². The zero-order chi connectivity index (χ0) is 20.6. The molecule has 8 heteroatoms. The minimum absolute atomic E-state index is 0.00292. The molecule has 0 aliphatic carbocycles. The Kier molecular flexibility index (Phi) is 4.79. The van der Waals surface area contributed by atoms with Gasteiger partial charge in [0, 0.05) is 0 Å². The topological polar surface area (TPSA) is 88.6 Å². The molecule has 1 saturated heterocycles. The lowest BCUT2D eigenvalue weighted by atomic mass is 9.91. The molecular formula is C21H19N3O4S. The third kappa shape index (κ3) is 3.58. The van der Waals surface area contributed by atoms with Crippen molar-refractivity contribution in [3.63, 3.8) is 0 Å². The van der Waals surface area contributed by atoms with Crippen LogP contribution in [0.5, 0.6) is 0 Å². The lowest BCUT2D eigenvalue weighted by molar-refractivity contribution is -0.148. The van der Waals surface area contributed by atoms with E-state index in [9.17, 15) is 14.4 Å². The first-order valence-electron chi connectivity index (χ1n) is 9.08. The number of para-hydroxylation sites is 1. The molecule has 1 N–H and O–H groups in total. The Bertz CT molecular complexity index is 1080. The van der Waals surface area contributed by atoms with Crippen LogP contribution in [0.3, 0.4) is 0 Å². The molecule has 2 heterocycles. The maximum Gasteiger partial charge on any atom is 0.326 e. The summed E-state index contributed by atoms with van der Waals surface area (Å²) in [6.45, 7) is 3.12. The number of amides is 3. The number of carbonyl (C=O) groups is 3. The molecule has 0 radical (unpaired) electrons. The Labute approximate surface area is 171 Å². The third-order valence-corrected chi connectivity index (χ3v) is 5.90. The van der Waals surface area contributed by atoms with Crippen LogP contribution in [0.2, 0.25) is 0 Å². The number of esters is 1. The van der Waals surface area contributed by atoms with Gasteiger partial charge < -0.3 is 10.1 Å². The van der Waals surface area contributed by atoms with Gasteiger partial charge in [-0.2, -0.15) is 0 Å². The monoisotopic (exact) mass is 409 g/mol. The quantitative estimate of drug-likeness (QED) is 0.517. The van der Waals surface area contributed by atoms with Crippen molar-refractivity contribution < 1.29 is 19.1 Å². The fourth-order valence-corrected chi connectivity index (χ4v) is 4.10. The Hall–Kier alpha value is -3.26. The van der Waals surface area contributed by atoms with E-state index in [1.807, 2.05) is 43.3 Å². The van der Waals surface area contributed by atoms with E-state index in [0.717, 1.165) is 20.7 Å². The van der Waals surface area contributed by atoms with E-state index < -0.39 is 30.0 Å². The van der Waals surface area contributed by atoms with Crippen LogP contribution in [0.15, 0.2) is 48.5 Å². The number of hydrogen-bond donors (Lipinski definition) is 1. The highest BCUT2D eigenvalue weighted by molar-refractivity contribution is 7.18. The van der Waals surface area contributed by atoms with Gasteiger partial charge in [-0.05, 0) is 31.5 Å². The van der Waals surface area contributed by atoms with Crippen LogP contribution in [-0.4, -0.2) is 34.3 Å². The van der Waals surface area contributed by atoms with Gasteiger partial charge >= 0.3 is 12.0 Å². The van der Waals surface area contributed by atoms with E-state index in [0.29, 0.717) is 10.6 Å². The molecule has 1 aliphatic rings. The van der Waals surface area contributed by atoms with Crippen LogP contribution in [0.4, 0.5) is 4.79 Å². The van der Waals surface area contributed by atoms with Crippen molar-refractivity contribution >= 4 is 39.5 Å². The number of urea groups is 1. The van der Waals surface area contributed by atoms with E-state index in [4.69, 9.17) is 4.74 Å². The number of nitrogens with one attached hydrogen (secondary N) is 1. The first-order valence-corrected chi connectivity index (χ1v) is 9.90. The molecule has 29 heavy (non-hydrogen) atoms. The minimum atomic E-state index is -1.21. The largest absolute Gasteiger partial charge is 0.457 e. The second kappa shape index (κ2) is 7.29. The fourth-order valence-electron chi connectivity index (χ4n) is 3.22. The first-order chi connectivity index (χ1) is 13.9. The van der Waals surface area contributed by atoms with Gasteiger partial charge in [0.1, 0.15) is 23.7 Å². The molecule has 2 aromatic carbocycles. The molecule has 0 saturated carbocycles. The number of rotatable bonds is 5. The SMILES string of the molecule is Cc1ccc([C@]2(C)NC(=O)N(CC(=O)OCc3nc4ccccc4s3)C2=O)cc1. The summed E-state index contributed by atoms with van der Waals surface area (Å²) in [7, 11) is 0. The molecule has 3 amide bonds. The van der Waals surface area contributed by atoms with Crippen LogP contribution in [0, 0.1) is 6.92 Å². The highest BCUT2D eigenvalue weighted by atomic mass is 32.1. The zero-order valence-corrected chi connectivity index (χ0v) is 16.8. The summed E-state index contributed by atoms with van der Waals surface area (Å²) in [4.78, 5) is 42.8. The second-order valence-corrected chi connectivity index (χ2v) is 8.16. The predicted octanol–water partition coefficient (Wildman–Crippen LogP) is 3.12. The summed E-state index contributed by atoms with van der Waals surface area (Å²) in [6, 6.07) is 14.3. The normalized spacial score (nSPS) is 18.9. The summed E-state index contributed by atoms with van der Waals surface area (Å²) in [5.74, 6) is -1.15. The number of benzene rings is 2. The molecule has 0 bridgehead atoms. The molecule has 0 spiro atoms. The van der Waals surface area contributed by atoms with E-state index in [1.165, 1.54) is 11.3 Å². The Balaban J connectivity index is 1.41. The van der Waals surface area contributed by atoms with E-state index in [2.05, 4.69) is 10.3 Å². The standard InChI is InChI=1S/C21H19N3O4S/c1-13-7-9-14(10-8-13)21(2)19(26)24(20(27)23-21)11-18(25)28-12-17-22-15-5-3-4-6-16(15)29-17/h3-10H,11-12H2,1-2H3,(H,23,27)/t21-/m0/s1. The van der Waals surface area contributed by atoms with E-state index in [-0.39, 0.29) is 6.61 Å².